The maximum atomic E-state index is 6.11. The van der Waals surface area contributed by atoms with Crippen molar-refractivity contribution in [3.8, 4) is 10.6 Å². The van der Waals surface area contributed by atoms with Gasteiger partial charge in [0.2, 0.25) is 0 Å². The molecule has 0 aliphatic heterocycles. The Bertz CT molecular complexity index is 508. The molecule has 2 aromatic rings. The van der Waals surface area contributed by atoms with E-state index in [0.717, 1.165) is 16.1 Å². The van der Waals surface area contributed by atoms with Crippen molar-refractivity contribution in [2.24, 2.45) is 0 Å². The second-order valence-electron chi connectivity index (χ2n) is 3.77. The third kappa shape index (κ3) is 1.90. The summed E-state index contributed by atoms with van der Waals surface area (Å²) >= 11 is 7.68. The first-order valence-electron chi connectivity index (χ1n) is 4.95. The van der Waals surface area contributed by atoms with Gasteiger partial charge in [0.1, 0.15) is 12.1 Å². The largest absolute Gasteiger partial charge is 0.383 e. The van der Waals surface area contributed by atoms with E-state index in [1.54, 1.807) is 11.3 Å². The molecular formula is C11H12ClN3S. The Morgan fingerprint density at radius 2 is 2.12 bits per heavy atom. The minimum absolute atomic E-state index is 0.273. The highest BCUT2D eigenvalue weighted by atomic mass is 35.5. The lowest BCUT2D eigenvalue weighted by molar-refractivity contribution is 0.855. The fourth-order valence-electron chi connectivity index (χ4n) is 1.62. The molecule has 2 aromatic heterocycles. The highest BCUT2D eigenvalue weighted by molar-refractivity contribution is 7.14. The first-order chi connectivity index (χ1) is 7.61. The molecule has 0 amide bonds. The molecule has 0 fully saturated rings. The van der Waals surface area contributed by atoms with Crippen molar-refractivity contribution in [2.75, 3.05) is 5.73 Å². The van der Waals surface area contributed by atoms with Crippen LogP contribution in [0.25, 0.3) is 10.6 Å². The van der Waals surface area contributed by atoms with Crippen molar-refractivity contribution in [2.45, 2.75) is 19.8 Å². The van der Waals surface area contributed by atoms with E-state index >= 15 is 0 Å². The Morgan fingerprint density at radius 1 is 1.38 bits per heavy atom. The molecule has 2 N–H and O–H groups in total. The minimum atomic E-state index is 0.273. The lowest BCUT2D eigenvalue weighted by Crippen LogP contribution is -2.03. The van der Waals surface area contributed by atoms with Crippen LogP contribution in [0.1, 0.15) is 25.3 Å². The molecule has 0 aliphatic rings. The highest BCUT2D eigenvalue weighted by Gasteiger charge is 2.17. The number of hydrogen-bond acceptors (Lipinski definition) is 4. The summed E-state index contributed by atoms with van der Waals surface area (Å²) in [5.74, 6) is 0.804. The Hall–Kier alpha value is -1.13. The van der Waals surface area contributed by atoms with E-state index in [4.69, 9.17) is 17.3 Å². The van der Waals surface area contributed by atoms with Gasteiger partial charge in [0, 0.05) is 5.56 Å². The molecule has 0 saturated carbocycles. The topological polar surface area (TPSA) is 51.8 Å². The zero-order chi connectivity index (χ0) is 11.7. The standard InChI is InChI=1S/C11H12ClN3S/c1-6(2)8-9(14-5-15-11(8)13)10-7(12)3-4-16-10/h3-6H,1-2H3,(H2,13,14,15). The molecule has 2 heterocycles. The number of nitrogen functional groups attached to an aromatic ring is 1. The Kier molecular flexibility index (Phi) is 3.12. The quantitative estimate of drug-likeness (QED) is 0.890. The summed E-state index contributed by atoms with van der Waals surface area (Å²) in [5, 5.41) is 2.66. The van der Waals surface area contributed by atoms with Crippen LogP contribution in [-0.2, 0) is 0 Å². The van der Waals surface area contributed by atoms with E-state index < -0.39 is 0 Å². The van der Waals surface area contributed by atoms with Crippen LogP contribution in [0.15, 0.2) is 17.8 Å². The summed E-state index contributed by atoms with van der Waals surface area (Å²) in [5.41, 5.74) is 7.70. The van der Waals surface area contributed by atoms with Crippen LogP contribution < -0.4 is 5.73 Å². The summed E-state index contributed by atoms with van der Waals surface area (Å²) in [4.78, 5) is 9.29. The van der Waals surface area contributed by atoms with Gasteiger partial charge in [0.05, 0.1) is 15.6 Å². The second-order valence-corrected chi connectivity index (χ2v) is 5.10. The van der Waals surface area contributed by atoms with Gasteiger partial charge < -0.3 is 5.73 Å². The summed E-state index contributed by atoms with van der Waals surface area (Å²) in [6, 6.07) is 1.87. The third-order valence-corrected chi connectivity index (χ3v) is 3.67. The van der Waals surface area contributed by atoms with Crippen LogP contribution in [0.5, 0.6) is 0 Å². The Labute approximate surface area is 103 Å². The predicted octanol–water partition coefficient (Wildman–Crippen LogP) is 3.56. The number of nitrogens with two attached hydrogens (primary N) is 1. The van der Waals surface area contributed by atoms with Gasteiger partial charge in [-0.15, -0.1) is 11.3 Å². The lowest BCUT2D eigenvalue weighted by Gasteiger charge is -2.12. The first-order valence-corrected chi connectivity index (χ1v) is 6.20. The Morgan fingerprint density at radius 3 is 2.69 bits per heavy atom. The van der Waals surface area contributed by atoms with Crippen molar-refractivity contribution in [3.05, 3.63) is 28.4 Å². The van der Waals surface area contributed by atoms with Crippen molar-refractivity contribution in [3.63, 3.8) is 0 Å². The summed E-state index contributed by atoms with van der Waals surface area (Å²) in [6.07, 6.45) is 1.48. The molecule has 84 valence electrons. The molecular weight excluding hydrogens is 242 g/mol. The van der Waals surface area contributed by atoms with Gasteiger partial charge in [-0.3, -0.25) is 0 Å². The van der Waals surface area contributed by atoms with Crippen LogP contribution in [0.4, 0.5) is 5.82 Å². The molecule has 5 heteroatoms. The minimum Gasteiger partial charge on any atom is -0.383 e. The number of halogens is 1. The van der Waals surface area contributed by atoms with E-state index in [2.05, 4.69) is 23.8 Å². The number of rotatable bonds is 2. The van der Waals surface area contributed by atoms with E-state index in [1.807, 2.05) is 11.4 Å². The number of nitrogens with zero attached hydrogens (tertiary/aromatic N) is 2. The molecule has 0 saturated heterocycles. The molecule has 0 aliphatic carbocycles. The molecule has 0 aromatic carbocycles. The van der Waals surface area contributed by atoms with Crippen LogP contribution in [0, 0.1) is 0 Å². The highest BCUT2D eigenvalue weighted by Crippen LogP contribution is 2.37. The van der Waals surface area contributed by atoms with Gasteiger partial charge in [0.15, 0.2) is 0 Å². The Balaban J connectivity index is 2.66. The predicted molar refractivity (Wildman–Crippen MR) is 68.9 cm³/mol. The number of hydrogen-bond donors (Lipinski definition) is 1. The van der Waals surface area contributed by atoms with E-state index in [0.29, 0.717) is 10.8 Å². The molecule has 3 nitrogen and oxygen atoms in total. The van der Waals surface area contributed by atoms with Crippen LogP contribution in [-0.4, -0.2) is 9.97 Å². The SMILES string of the molecule is CC(C)c1c(N)ncnc1-c1sccc1Cl. The molecule has 0 spiro atoms. The maximum absolute atomic E-state index is 6.11. The van der Waals surface area contributed by atoms with Gasteiger partial charge in [0.25, 0.3) is 0 Å². The van der Waals surface area contributed by atoms with Gasteiger partial charge in [-0.05, 0) is 17.4 Å². The molecule has 0 radical (unpaired) electrons. The molecule has 16 heavy (non-hydrogen) atoms. The van der Waals surface area contributed by atoms with Crippen molar-refractivity contribution < 1.29 is 0 Å². The zero-order valence-electron chi connectivity index (χ0n) is 9.07. The lowest BCUT2D eigenvalue weighted by atomic mass is 10.0. The van der Waals surface area contributed by atoms with E-state index in [1.165, 1.54) is 6.33 Å². The molecule has 0 atom stereocenters. The number of anilines is 1. The van der Waals surface area contributed by atoms with E-state index in [-0.39, 0.29) is 5.92 Å². The molecule has 0 bridgehead atoms. The van der Waals surface area contributed by atoms with Crippen molar-refractivity contribution in [1.29, 1.82) is 0 Å². The van der Waals surface area contributed by atoms with Gasteiger partial charge in [-0.25, -0.2) is 9.97 Å². The fourth-order valence-corrected chi connectivity index (χ4v) is 2.78. The average Bonchev–Trinajstić information content (AvgIpc) is 2.63. The van der Waals surface area contributed by atoms with E-state index in [9.17, 15) is 0 Å². The fraction of sp³-hybridized carbons (Fsp3) is 0.273. The van der Waals surface area contributed by atoms with Gasteiger partial charge >= 0.3 is 0 Å². The van der Waals surface area contributed by atoms with Crippen molar-refractivity contribution in [1.82, 2.24) is 9.97 Å². The second kappa shape index (κ2) is 4.39. The third-order valence-electron chi connectivity index (χ3n) is 2.32. The molecule has 0 unspecified atom stereocenters. The summed E-state index contributed by atoms with van der Waals surface area (Å²) in [6.45, 7) is 4.14. The van der Waals surface area contributed by atoms with Gasteiger partial charge in [-0.1, -0.05) is 25.4 Å². The van der Waals surface area contributed by atoms with Crippen LogP contribution in [0.2, 0.25) is 5.02 Å². The number of thiophene rings is 1. The first kappa shape index (κ1) is 11.4. The van der Waals surface area contributed by atoms with Gasteiger partial charge in [-0.2, -0.15) is 0 Å². The molecule has 2 rings (SSSR count). The number of aromatic nitrogens is 2. The zero-order valence-corrected chi connectivity index (χ0v) is 10.6. The van der Waals surface area contributed by atoms with Crippen LogP contribution in [0.3, 0.4) is 0 Å². The average molecular weight is 254 g/mol. The van der Waals surface area contributed by atoms with Crippen molar-refractivity contribution >= 4 is 28.8 Å². The smallest absolute Gasteiger partial charge is 0.130 e. The summed E-state index contributed by atoms with van der Waals surface area (Å²) < 4.78 is 0. The maximum Gasteiger partial charge on any atom is 0.130 e. The summed E-state index contributed by atoms with van der Waals surface area (Å²) in [7, 11) is 0. The normalized spacial score (nSPS) is 11.0. The monoisotopic (exact) mass is 253 g/mol. The van der Waals surface area contributed by atoms with Crippen LogP contribution >= 0.6 is 22.9 Å².